The number of nitrogens with one attached hydrogen (secondary N) is 5. The molecule has 2 aromatic heterocycles. The number of hydrogen-bond acceptors (Lipinski definition) is 9. The van der Waals surface area contributed by atoms with Crippen LogP contribution in [0, 0.1) is 0 Å². The molecule has 8 aromatic rings. The van der Waals surface area contributed by atoms with Crippen LogP contribution in [0.25, 0.3) is 44.8 Å². The van der Waals surface area contributed by atoms with E-state index in [1.54, 1.807) is 72.8 Å². The normalized spacial score (nSPS) is 12.1. The number of aliphatic hydroxyl groups is 1. The van der Waals surface area contributed by atoms with Crippen molar-refractivity contribution in [2.45, 2.75) is 9.79 Å². The molecular formula is C41H30N8O9S2. The largest absolute Gasteiger partial charge is 0.480 e. The maximum atomic E-state index is 12.9. The number of amidine groups is 1. The molecule has 2 amide bonds. The van der Waals surface area contributed by atoms with Gasteiger partial charge in [-0.05, 0) is 109 Å². The van der Waals surface area contributed by atoms with Gasteiger partial charge in [0.05, 0.1) is 37.5 Å². The van der Waals surface area contributed by atoms with Crippen molar-refractivity contribution in [1.82, 2.24) is 19.9 Å². The van der Waals surface area contributed by atoms with Gasteiger partial charge in [-0.25, -0.2) is 9.97 Å². The molecule has 0 unspecified atom stereocenters. The van der Waals surface area contributed by atoms with Crippen LogP contribution in [-0.4, -0.2) is 68.8 Å². The van der Waals surface area contributed by atoms with Crippen LogP contribution in [0.5, 0.6) is 0 Å². The molecule has 0 bridgehead atoms. The van der Waals surface area contributed by atoms with Gasteiger partial charge in [-0.2, -0.15) is 21.8 Å². The minimum absolute atomic E-state index is 0.292. The van der Waals surface area contributed by atoms with Crippen LogP contribution >= 0.6 is 0 Å². The zero-order valence-corrected chi connectivity index (χ0v) is 32.3. The number of rotatable bonds is 10. The number of H-pyrrole nitrogens is 2. The van der Waals surface area contributed by atoms with Crippen LogP contribution in [0.15, 0.2) is 148 Å². The molecule has 60 heavy (non-hydrogen) atoms. The molecule has 8 N–H and O–H groups in total. The van der Waals surface area contributed by atoms with Crippen LogP contribution < -0.4 is 16.0 Å². The molecule has 300 valence electrons. The Labute approximate surface area is 340 Å². The van der Waals surface area contributed by atoms with E-state index in [0.29, 0.717) is 78.7 Å². The lowest BCUT2D eigenvalue weighted by atomic mass is 10.2. The Hall–Kier alpha value is -7.71. The Morgan fingerprint density at radius 2 is 1.00 bits per heavy atom. The first-order valence-electron chi connectivity index (χ1n) is 17.7. The first kappa shape index (κ1) is 39.1. The van der Waals surface area contributed by atoms with Crippen molar-refractivity contribution in [3.8, 4) is 22.8 Å². The molecule has 8 rings (SSSR count). The summed E-state index contributed by atoms with van der Waals surface area (Å²) < 4.78 is 63.6. The maximum Gasteiger partial charge on any atom is 0.294 e. The van der Waals surface area contributed by atoms with Crippen molar-refractivity contribution in [2.24, 2.45) is 4.99 Å². The van der Waals surface area contributed by atoms with Crippen LogP contribution in [0.4, 0.5) is 22.7 Å². The number of aromatic amines is 2. The van der Waals surface area contributed by atoms with Gasteiger partial charge >= 0.3 is 0 Å². The monoisotopic (exact) mass is 842 g/mol. The number of fused-ring (bicyclic) bond motifs is 2. The average molecular weight is 843 g/mol. The smallest absolute Gasteiger partial charge is 0.294 e. The molecule has 0 aliphatic rings. The van der Waals surface area contributed by atoms with Crippen molar-refractivity contribution < 1.29 is 40.6 Å². The maximum absolute atomic E-state index is 12.9. The molecule has 0 radical (unpaired) electrons. The molecule has 0 spiro atoms. The van der Waals surface area contributed by atoms with Crippen LogP contribution in [0.3, 0.4) is 0 Å². The highest BCUT2D eigenvalue weighted by molar-refractivity contribution is 7.86. The summed E-state index contributed by atoms with van der Waals surface area (Å²) in [4.78, 5) is 45.3. The molecule has 2 heterocycles. The van der Waals surface area contributed by atoms with Gasteiger partial charge in [0.15, 0.2) is 0 Å². The summed E-state index contributed by atoms with van der Waals surface area (Å²) in [6, 6.07) is 33.7. The van der Waals surface area contributed by atoms with Gasteiger partial charge in [-0.1, -0.05) is 24.3 Å². The number of aliphatic hydroxyl groups excluding tert-OH is 1. The van der Waals surface area contributed by atoms with E-state index in [2.05, 4.69) is 40.9 Å². The molecule has 6 aromatic carbocycles. The van der Waals surface area contributed by atoms with Gasteiger partial charge in [-0.15, -0.1) is 0 Å². The second kappa shape index (κ2) is 15.6. The van der Waals surface area contributed by atoms with Crippen molar-refractivity contribution in [3.05, 3.63) is 145 Å². The zero-order valence-electron chi connectivity index (χ0n) is 30.7. The first-order chi connectivity index (χ1) is 28.6. The second-order valence-corrected chi connectivity index (χ2v) is 16.1. The average Bonchev–Trinajstić information content (AvgIpc) is 3.85. The Kier molecular flexibility index (Phi) is 10.2. The standard InChI is InChI=1S/C41H30N8O9S2/c50-39(42-27-9-13-31(14-10-27)59(53,54)55)25-7-17-33-35(21-25)48-37(46-33)23-3-1-5-29(19-23)44-41(52)45-30-6-2-4-24(20-30)38-47-34-18-8-26(22-36(34)49-38)40(51)43-28-11-15-32(16-12-28)60(56,57)58/h1-22H,(H,42,50)(H,43,51)(H,46,48)(H,47,49)(H2,44,45,52)(H,53,54,55)(H,56,57,58). The van der Waals surface area contributed by atoms with E-state index in [4.69, 9.17) is 0 Å². The van der Waals surface area contributed by atoms with Gasteiger partial charge < -0.3 is 31.0 Å². The number of anilines is 3. The summed E-state index contributed by atoms with van der Waals surface area (Å²) >= 11 is 0. The Balaban J connectivity index is 0.933. The molecule has 0 saturated carbocycles. The third-order valence-corrected chi connectivity index (χ3v) is 10.8. The number of aromatic nitrogens is 4. The highest BCUT2D eigenvalue weighted by Gasteiger charge is 2.15. The SMILES string of the molecule is O=C(Nc1ccc(S(=O)(=O)O)cc1)c1ccc2nc(-c3cccc(N=C(O)Nc4cccc(-c5nc6ccc(C(=O)Nc7ccc(S(=O)(=O)O)cc7)cc6[nH]5)c4)c3)[nH]c2c1. The lowest BCUT2D eigenvalue weighted by Crippen LogP contribution is -2.11. The fraction of sp³-hybridized carbons (Fsp3) is 0. The lowest BCUT2D eigenvalue weighted by Gasteiger charge is -2.06. The van der Waals surface area contributed by atoms with E-state index < -0.39 is 32.1 Å². The number of amides is 2. The molecule has 19 heteroatoms. The quantitative estimate of drug-likeness (QED) is 0.0379. The third kappa shape index (κ3) is 8.73. The van der Waals surface area contributed by atoms with E-state index >= 15 is 0 Å². The van der Waals surface area contributed by atoms with Gasteiger partial charge in [-0.3, -0.25) is 18.7 Å². The molecule has 17 nitrogen and oxygen atoms in total. The summed E-state index contributed by atoms with van der Waals surface area (Å²) in [6.45, 7) is 0. The second-order valence-electron chi connectivity index (χ2n) is 13.2. The van der Waals surface area contributed by atoms with Crippen molar-refractivity contribution in [2.75, 3.05) is 16.0 Å². The summed E-state index contributed by atoms with van der Waals surface area (Å²) in [5, 5.41) is 19.1. The summed E-state index contributed by atoms with van der Waals surface area (Å²) in [5.41, 5.74) is 5.93. The number of nitrogens with zero attached hydrogens (tertiary/aromatic N) is 3. The van der Waals surface area contributed by atoms with Crippen molar-refractivity contribution >= 4 is 82.9 Å². The predicted molar refractivity (Wildman–Crippen MR) is 225 cm³/mol. The molecule has 0 aliphatic carbocycles. The van der Waals surface area contributed by atoms with Crippen LogP contribution in [0.2, 0.25) is 0 Å². The number of aliphatic imine (C=N–C) groups is 1. The fourth-order valence-electron chi connectivity index (χ4n) is 6.15. The number of benzene rings is 6. The number of carbonyl (C=O) groups is 2. The van der Waals surface area contributed by atoms with Crippen molar-refractivity contribution in [1.29, 1.82) is 0 Å². The number of imidazole rings is 2. The highest BCUT2D eigenvalue weighted by Crippen LogP contribution is 2.27. The summed E-state index contributed by atoms with van der Waals surface area (Å²) in [5.74, 6) is 0.109. The van der Waals surface area contributed by atoms with Gasteiger partial charge in [0.1, 0.15) is 11.6 Å². The zero-order chi connectivity index (χ0) is 42.2. The number of hydrogen-bond donors (Lipinski definition) is 8. The van der Waals surface area contributed by atoms with Gasteiger partial charge in [0.2, 0.25) is 0 Å². The van der Waals surface area contributed by atoms with E-state index in [-0.39, 0.29) is 15.8 Å². The van der Waals surface area contributed by atoms with E-state index in [1.807, 2.05) is 12.1 Å². The third-order valence-electron chi connectivity index (χ3n) is 9.05. The Bertz CT molecular complexity index is 3240. The molecular weight excluding hydrogens is 813 g/mol. The van der Waals surface area contributed by atoms with E-state index in [1.165, 1.54) is 48.5 Å². The molecule has 0 saturated heterocycles. The molecule has 0 atom stereocenters. The lowest BCUT2D eigenvalue weighted by molar-refractivity contribution is 0.101. The molecule has 0 fully saturated rings. The number of carbonyl (C=O) groups excluding carboxylic acids is 2. The fourth-order valence-corrected chi connectivity index (χ4v) is 7.11. The Morgan fingerprint density at radius 3 is 1.48 bits per heavy atom. The van der Waals surface area contributed by atoms with Crippen molar-refractivity contribution in [3.63, 3.8) is 0 Å². The van der Waals surface area contributed by atoms with E-state index in [0.717, 1.165) is 0 Å². The van der Waals surface area contributed by atoms with Gasteiger partial charge in [0.25, 0.3) is 38.1 Å². The first-order valence-corrected chi connectivity index (χ1v) is 20.6. The molecule has 0 aliphatic heterocycles. The Morgan fingerprint density at radius 1 is 0.533 bits per heavy atom. The predicted octanol–water partition coefficient (Wildman–Crippen LogP) is 7.43. The topological polar surface area (TPSA) is 269 Å². The highest BCUT2D eigenvalue weighted by atomic mass is 32.2. The van der Waals surface area contributed by atoms with E-state index in [9.17, 15) is 40.6 Å². The van der Waals surface area contributed by atoms with Crippen LogP contribution in [0.1, 0.15) is 20.7 Å². The van der Waals surface area contributed by atoms with Crippen LogP contribution in [-0.2, 0) is 20.2 Å². The minimum atomic E-state index is -4.36. The summed E-state index contributed by atoms with van der Waals surface area (Å²) in [6.07, 6.45) is 0. The van der Waals surface area contributed by atoms with Gasteiger partial charge in [0, 0.05) is 39.3 Å². The summed E-state index contributed by atoms with van der Waals surface area (Å²) in [7, 11) is -8.72. The minimum Gasteiger partial charge on any atom is -0.480 e.